The van der Waals surface area contributed by atoms with Gasteiger partial charge in [-0.15, -0.1) is 0 Å². The topological polar surface area (TPSA) is 28.2 Å². The highest BCUT2D eigenvalue weighted by molar-refractivity contribution is 7.98. The molecule has 5 heteroatoms. The van der Waals surface area contributed by atoms with Crippen LogP contribution in [0.5, 0.6) is 0 Å². The van der Waals surface area contributed by atoms with Crippen LogP contribution in [0, 0.1) is 0 Å². The van der Waals surface area contributed by atoms with E-state index in [9.17, 15) is 0 Å². The van der Waals surface area contributed by atoms with Crippen LogP contribution in [0.2, 0.25) is 5.02 Å². The smallest absolute Gasteiger partial charge is 0.128 e. The Labute approximate surface area is 131 Å². The summed E-state index contributed by atoms with van der Waals surface area (Å²) in [5.41, 5.74) is 1.15. The van der Waals surface area contributed by atoms with Crippen LogP contribution in [0.1, 0.15) is 31.7 Å². The Balaban J connectivity index is 2.07. The first-order valence-corrected chi connectivity index (χ1v) is 9.02. The standard InChI is InChI=1S/C15H24ClN3S/c1-4-13(10-20-3)19(2)15-7-11(14(16)9-18-15)8-17-12-5-6-12/h7,9,12-13,17H,4-6,8,10H2,1-3H3. The van der Waals surface area contributed by atoms with Crippen molar-refractivity contribution in [2.24, 2.45) is 0 Å². The van der Waals surface area contributed by atoms with Gasteiger partial charge < -0.3 is 10.2 Å². The molecule has 3 nitrogen and oxygen atoms in total. The summed E-state index contributed by atoms with van der Waals surface area (Å²) in [5.74, 6) is 2.13. The summed E-state index contributed by atoms with van der Waals surface area (Å²) in [5, 5.41) is 4.27. The van der Waals surface area contributed by atoms with Crippen molar-refractivity contribution in [3.05, 3.63) is 22.8 Å². The van der Waals surface area contributed by atoms with Crippen molar-refractivity contribution < 1.29 is 0 Å². The summed E-state index contributed by atoms with van der Waals surface area (Å²) in [6.07, 6.45) is 7.64. The molecule has 0 aliphatic heterocycles. The highest BCUT2D eigenvalue weighted by Crippen LogP contribution is 2.24. The van der Waals surface area contributed by atoms with Gasteiger partial charge in [-0.1, -0.05) is 18.5 Å². The third-order valence-corrected chi connectivity index (χ3v) is 4.88. The summed E-state index contributed by atoms with van der Waals surface area (Å²) in [4.78, 5) is 6.76. The molecule has 0 radical (unpaired) electrons. The molecule has 1 aromatic heterocycles. The van der Waals surface area contributed by atoms with Gasteiger partial charge in [-0.25, -0.2) is 4.98 Å². The average Bonchev–Trinajstić information content (AvgIpc) is 3.27. The number of anilines is 1. The summed E-state index contributed by atoms with van der Waals surface area (Å²) >= 11 is 8.13. The zero-order valence-corrected chi connectivity index (χ0v) is 14.1. The minimum Gasteiger partial charge on any atom is -0.356 e. The first-order chi connectivity index (χ1) is 9.65. The van der Waals surface area contributed by atoms with E-state index >= 15 is 0 Å². The molecule has 0 saturated heterocycles. The van der Waals surface area contributed by atoms with Crippen LogP contribution >= 0.6 is 23.4 Å². The van der Waals surface area contributed by atoms with Gasteiger partial charge in [0.15, 0.2) is 0 Å². The van der Waals surface area contributed by atoms with E-state index in [1.807, 2.05) is 11.8 Å². The van der Waals surface area contributed by atoms with Crippen molar-refractivity contribution in [2.75, 3.05) is 24.0 Å². The van der Waals surface area contributed by atoms with E-state index in [2.05, 4.69) is 41.5 Å². The molecular weight excluding hydrogens is 290 g/mol. The molecule has 1 aliphatic rings. The molecule has 0 aromatic carbocycles. The number of thioether (sulfide) groups is 1. The van der Waals surface area contributed by atoms with Crippen molar-refractivity contribution >= 4 is 29.2 Å². The molecule has 1 aliphatic carbocycles. The number of aromatic nitrogens is 1. The largest absolute Gasteiger partial charge is 0.356 e. The molecule has 0 bridgehead atoms. The van der Waals surface area contributed by atoms with Crippen molar-refractivity contribution in [3.63, 3.8) is 0 Å². The third kappa shape index (κ3) is 4.27. The second kappa shape index (κ2) is 7.53. The summed E-state index contributed by atoms with van der Waals surface area (Å²) in [6.45, 7) is 3.06. The van der Waals surface area contributed by atoms with Crippen molar-refractivity contribution in [2.45, 2.75) is 44.8 Å². The zero-order valence-electron chi connectivity index (χ0n) is 12.5. The molecule has 1 heterocycles. The molecule has 1 saturated carbocycles. The predicted octanol–water partition coefficient (Wildman–Crippen LogP) is 3.56. The Morgan fingerprint density at radius 3 is 2.90 bits per heavy atom. The first-order valence-electron chi connectivity index (χ1n) is 7.25. The van der Waals surface area contributed by atoms with Gasteiger partial charge in [0.25, 0.3) is 0 Å². The molecule has 1 atom stereocenters. The van der Waals surface area contributed by atoms with E-state index in [1.165, 1.54) is 12.8 Å². The summed E-state index contributed by atoms with van der Waals surface area (Å²) in [6, 6.07) is 3.34. The highest BCUT2D eigenvalue weighted by Gasteiger charge is 2.21. The molecule has 0 spiro atoms. The molecule has 20 heavy (non-hydrogen) atoms. The molecule has 2 rings (SSSR count). The highest BCUT2D eigenvalue weighted by atomic mass is 35.5. The van der Waals surface area contributed by atoms with Crippen LogP contribution in [0.15, 0.2) is 12.3 Å². The first kappa shape index (κ1) is 15.9. The van der Waals surface area contributed by atoms with Crippen molar-refractivity contribution in [1.29, 1.82) is 0 Å². The van der Waals surface area contributed by atoms with E-state index in [0.717, 1.165) is 35.1 Å². The minimum absolute atomic E-state index is 0.517. The van der Waals surface area contributed by atoms with Crippen LogP contribution in [0.3, 0.4) is 0 Å². The number of hydrogen-bond donors (Lipinski definition) is 1. The summed E-state index contributed by atoms with van der Waals surface area (Å²) < 4.78 is 0. The lowest BCUT2D eigenvalue weighted by Crippen LogP contribution is -2.33. The van der Waals surface area contributed by atoms with Crippen LogP contribution in [-0.2, 0) is 6.54 Å². The number of halogens is 1. The number of rotatable bonds is 8. The Bertz CT molecular complexity index is 437. The minimum atomic E-state index is 0.517. The lowest BCUT2D eigenvalue weighted by atomic mass is 10.2. The molecule has 1 unspecified atom stereocenters. The van der Waals surface area contributed by atoms with Gasteiger partial charge in [-0.3, -0.25) is 0 Å². The third-order valence-electron chi connectivity index (χ3n) is 3.82. The normalized spacial score (nSPS) is 16.2. The maximum Gasteiger partial charge on any atom is 0.128 e. The maximum absolute atomic E-state index is 6.25. The molecule has 1 N–H and O–H groups in total. The van der Waals surface area contributed by atoms with Crippen LogP contribution in [0.4, 0.5) is 5.82 Å². The Morgan fingerprint density at radius 2 is 2.30 bits per heavy atom. The van der Waals surface area contributed by atoms with E-state index in [4.69, 9.17) is 11.6 Å². The molecule has 1 fully saturated rings. The summed E-state index contributed by atoms with van der Waals surface area (Å²) in [7, 11) is 2.12. The van der Waals surface area contributed by atoms with Gasteiger partial charge in [-0.2, -0.15) is 11.8 Å². The number of nitrogens with one attached hydrogen (secondary N) is 1. The fourth-order valence-electron chi connectivity index (χ4n) is 2.22. The predicted molar refractivity (Wildman–Crippen MR) is 90.0 cm³/mol. The molecular formula is C15H24ClN3S. The monoisotopic (exact) mass is 313 g/mol. The van der Waals surface area contributed by atoms with Gasteiger partial charge in [-0.05, 0) is 37.1 Å². The van der Waals surface area contributed by atoms with Gasteiger partial charge in [0, 0.05) is 37.6 Å². The second-order valence-corrected chi connectivity index (χ2v) is 6.74. The molecule has 1 aromatic rings. The van der Waals surface area contributed by atoms with E-state index in [0.29, 0.717) is 12.1 Å². The SMILES string of the molecule is CCC(CSC)N(C)c1cc(CNC2CC2)c(Cl)cn1. The van der Waals surface area contributed by atoms with Gasteiger partial charge in [0.05, 0.1) is 5.02 Å². The van der Waals surface area contributed by atoms with Crippen LogP contribution < -0.4 is 10.2 Å². The fraction of sp³-hybridized carbons (Fsp3) is 0.667. The number of nitrogens with zero attached hydrogens (tertiary/aromatic N) is 2. The maximum atomic E-state index is 6.25. The van der Waals surface area contributed by atoms with E-state index in [-0.39, 0.29) is 0 Å². The molecule has 0 amide bonds. The van der Waals surface area contributed by atoms with E-state index < -0.39 is 0 Å². The lowest BCUT2D eigenvalue weighted by molar-refractivity contribution is 0.661. The van der Waals surface area contributed by atoms with Gasteiger partial charge in [0.2, 0.25) is 0 Å². The quantitative estimate of drug-likeness (QED) is 0.794. The van der Waals surface area contributed by atoms with Crippen molar-refractivity contribution in [1.82, 2.24) is 10.3 Å². The van der Waals surface area contributed by atoms with Gasteiger partial charge in [0.1, 0.15) is 5.82 Å². The average molecular weight is 314 g/mol. The van der Waals surface area contributed by atoms with Gasteiger partial charge >= 0.3 is 0 Å². The van der Waals surface area contributed by atoms with Crippen molar-refractivity contribution in [3.8, 4) is 0 Å². The van der Waals surface area contributed by atoms with E-state index in [1.54, 1.807) is 6.20 Å². The second-order valence-electron chi connectivity index (χ2n) is 5.42. The number of hydrogen-bond acceptors (Lipinski definition) is 4. The number of pyridine rings is 1. The Hall–Kier alpha value is -0.450. The Morgan fingerprint density at radius 1 is 1.55 bits per heavy atom. The molecule has 112 valence electrons. The van der Waals surface area contributed by atoms with Crippen LogP contribution in [-0.4, -0.2) is 36.1 Å². The lowest BCUT2D eigenvalue weighted by Gasteiger charge is -2.28. The zero-order chi connectivity index (χ0) is 14.5. The van der Waals surface area contributed by atoms with Crippen LogP contribution in [0.25, 0.3) is 0 Å². The Kier molecular flexibility index (Phi) is 6.00. The fourth-order valence-corrected chi connectivity index (χ4v) is 3.24.